The van der Waals surface area contributed by atoms with E-state index in [0.29, 0.717) is 17.3 Å². The minimum Gasteiger partial charge on any atom is -0.503 e. The Morgan fingerprint density at radius 3 is 2.61 bits per heavy atom. The number of nitrogens with one attached hydrogen (secondary N) is 1. The molecule has 1 aliphatic heterocycles. The lowest BCUT2D eigenvalue weighted by molar-refractivity contribution is 0.0655. The zero-order valence-corrected chi connectivity index (χ0v) is 17.7. The van der Waals surface area contributed by atoms with Crippen LogP contribution in [0.5, 0.6) is 5.75 Å². The maximum absolute atomic E-state index is 13.7. The number of phenolic OH excluding ortho intramolecular Hbond substituents is 1. The van der Waals surface area contributed by atoms with Crippen LogP contribution in [0.25, 0.3) is 0 Å². The van der Waals surface area contributed by atoms with Gasteiger partial charge in [-0.1, -0.05) is 33.6 Å². The summed E-state index contributed by atoms with van der Waals surface area (Å²) in [4.78, 5) is 23.4. The fourth-order valence-electron chi connectivity index (χ4n) is 4.37. The zero-order valence-electron chi connectivity index (χ0n) is 17.7. The quantitative estimate of drug-likeness (QED) is 0.626. The van der Waals surface area contributed by atoms with E-state index in [4.69, 9.17) is 4.74 Å². The lowest BCUT2D eigenvalue weighted by atomic mass is 9.86. The molecule has 0 bridgehead atoms. The molecule has 1 aromatic carbocycles. The summed E-state index contributed by atoms with van der Waals surface area (Å²) in [7, 11) is 0. The van der Waals surface area contributed by atoms with E-state index in [2.05, 4.69) is 22.2 Å². The number of nitrogens with zero attached hydrogens (tertiary/aromatic N) is 3. The van der Waals surface area contributed by atoms with Crippen molar-refractivity contribution in [3.05, 3.63) is 35.5 Å². The molecule has 2 heterocycles. The average Bonchev–Trinajstić information content (AvgIpc) is 2.71. The summed E-state index contributed by atoms with van der Waals surface area (Å²) >= 11 is 0. The van der Waals surface area contributed by atoms with Gasteiger partial charge < -0.3 is 15.2 Å². The number of halogens is 2. The van der Waals surface area contributed by atoms with Crippen molar-refractivity contribution in [3.8, 4) is 5.75 Å². The average molecular weight is 432 g/mol. The second kappa shape index (κ2) is 8.28. The number of aromatic nitrogens is 2. The lowest BCUT2D eigenvalue weighted by Crippen LogP contribution is -2.47. The third kappa shape index (κ3) is 4.13. The van der Waals surface area contributed by atoms with Gasteiger partial charge in [-0.25, -0.2) is 18.6 Å². The van der Waals surface area contributed by atoms with Gasteiger partial charge in [0.15, 0.2) is 23.2 Å². The van der Waals surface area contributed by atoms with Crippen molar-refractivity contribution in [1.82, 2.24) is 9.97 Å². The van der Waals surface area contributed by atoms with Crippen LogP contribution in [0.1, 0.15) is 58.1 Å². The lowest BCUT2D eigenvalue weighted by Gasteiger charge is -2.41. The van der Waals surface area contributed by atoms with Crippen molar-refractivity contribution < 1.29 is 23.4 Å². The Morgan fingerprint density at radius 1 is 1.26 bits per heavy atom. The first-order chi connectivity index (χ1) is 14.7. The number of carbonyl (C=O) groups is 1. The molecule has 1 aliphatic carbocycles. The number of ether oxygens (including phenoxy) is 1. The van der Waals surface area contributed by atoms with Crippen molar-refractivity contribution in [3.63, 3.8) is 0 Å². The van der Waals surface area contributed by atoms with E-state index in [1.54, 1.807) is 11.1 Å². The molecule has 1 amide bonds. The van der Waals surface area contributed by atoms with Crippen molar-refractivity contribution in [2.75, 3.05) is 10.2 Å². The minimum absolute atomic E-state index is 0.0258. The first-order valence-electron chi connectivity index (χ1n) is 10.6. The van der Waals surface area contributed by atoms with Crippen molar-refractivity contribution in [2.24, 2.45) is 11.8 Å². The smallest absolute Gasteiger partial charge is 0.416 e. The van der Waals surface area contributed by atoms with E-state index in [1.165, 1.54) is 0 Å². The first kappa shape index (κ1) is 21.3. The van der Waals surface area contributed by atoms with E-state index < -0.39 is 29.6 Å². The minimum atomic E-state index is -1.10. The van der Waals surface area contributed by atoms with Crippen LogP contribution in [0, 0.1) is 23.5 Å². The molecular weight excluding hydrogens is 406 g/mol. The highest BCUT2D eigenvalue weighted by Crippen LogP contribution is 2.41. The predicted octanol–water partition coefficient (Wildman–Crippen LogP) is 5.44. The Morgan fingerprint density at radius 2 is 1.97 bits per heavy atom. The highest BCUT2D eigenvalue weighted by molar-refractivity contribution is 5.90. The van der Waals surface area contributed by atoms with Gasteiger partial charge in [0.1, 0.15) is 6.10 Å². The maximum atomic E-state index is 13.7. The fraction of sp³-hybridized carbons (Fsp3) is 0.500. The zero-order chi connectivity index (χ0) is 22.3. The van der Waals surface area contributed by atoms with Gasteiger partial charge >= 0.3 is 6.09 Å². The van der Waals surface area contributed by atoms with E-state index in [-0.39, 0.29) is 23.6 Å². The third-order valence-electron chi connectivity index (χ3n) is 5.91. The van der Waals surface area contributed by atoms with Gasteiger partial charge in [0.25, 0.3) is 0 Å². The summed E-state index contributed by atoms with van der Waals surface area (Å²) in [6.07, 6.45) is 4.52. The standard InChI is InChI=1S/C22H26F2N4O3/c1-11(2)19-15-10-25-21(26-13-8-16(23)18(29)17(24)9-13)27-20(15)28(22(30)31-19)14-6-4-5-12(3)7-14/h8-12,14,19,29H,4-7H2,1-3H3,(H,25,26,27). The molecule has 0 radical (unpaired) electrons. The van der Waals surface area contributed by atoms with Gasteiger partial charge in [0, 0.05) is 30.1 Å². The molecule has 3 unspecified atom stereocenters. The number of hydrogen-bond acceptors (Lipinski definition) is 6. The van der Waals surface area contributed by atoms with Gasteiger partial charge in [-0.2, -0.15) is 4.98 Å². The molecule has 0 saturated heterocycles. The van der Waals surface area contributed by atoms with Gasteiger partial charge in [-0.15, -0.1) is 0 Å². The molecule has 2 aliphatic rings. The number of hydrogen-bond donors (Lipinski definition) is 2. The summed E-state index contributed by atoms with van der Waals surface area (Å²) in [5, 5.41) is 12.1. The van der Waals surface area contributed by atoms with Crippen LogP contribution in [0.15, 0.2) is 18.3 Å². The van der Waals surface area contributed by atoms with Crippen LogP contribution in [-0.4, -0.2) is 27.2 Å². The van der Waals surface area contributed by atoms with Crippen LogP contribution in [0.4, 0.5) is 31.0 Å². The van der Waals surface area contributed by atoms with Gasteiger partial charge in [0.05, 0.1) is 5.56 Å². The number of carbonyl (C=O) groups excluding carboxylic acids is 1. The summed E-state index contributed by atoms with van der Waals surface area (Å²) in [6, 6.07) is 1.87. The maximum Gasteiger partial charge on any atom is 0.416 e. The SMILES string of the molecule is CC1CCCC(N2C(=O)OC(C(C)C)c3cnc(Nc4cc(F)c(O)c(F)c4)nc32)C1. The number of amides is 1. The molecule has 166 valence electrons. The molecule has 4 rings (SSSR count). The van der Waals surface area contributed by atoms with Gasteiger partial charge in [0.2, 0.25) is 5.95 Å². The summed E-state index contributed by atoms with van der Waals surface area (Å²) in [5.74, 6) is -2.17. The molecule has 31 heavy (non-hydrogen) atoms. The summed E-state index contributed by atoms with van der Waals surface area (Å²) < 4.78 is 33.2. The highest BCUT2D eigenvalue weighted by atomic mass is 19.1. The third-order valence-corrected chi connectivity index (χ3v) is 5.91. The van der Waals surface area contributed by atoms with Crippen LogP contribution in [0.2, 0.25) is 0 Å². The largest absolute Gasteiger partial charge is 0.503 e. The Bertz CT molecular complexity index is 978. The Hall–Kier alpha value is -2.97. The van der Waals surface area contributed by atoms with Crippen molar-refractivity contribution in [1.29, 1.82) is 0 Å². The molecule has 3 atom stereocenters. The second-order valence-corrected chi connectivity index (χ2v) is 8.73. The van der Waals surface area contributed by atoms with Crippen LogP contribution in [0.3, 0.4) is 0 Å². The second-order valence-electron chi connectivity index (χ2n) is 8.73. The molecular formula is C22H26F2N4O3. The molecule has 7 nitrogen and oxygen atoms in total. The fourth-order valence-corrected chi connectivity index (χ4v) is 4.37. The number of fused-ring (bicyclic) bond motifs is 1. The van der Waals surface area contributed by atoms with E-state index in [9.17, 15) is 18.7 Å². The van der Waals surface area contributed by atoms with E-state index >= 15 is 0 Å². The highest BCUT2D eigenvalue weighted by Gasteiger charge is 2.40. The number of benzene rings is 1. The van der Waals surface area contributed by atoms with Crippen LogP contribution in [-0.2, 0) is 4.74 Å². The Balaban J connectivity index is 1.72. The predicted molar refractivity (Wildman–Crippen MR) is 111 cm³/mol. The van der Waals surface area contributed by atoms with Crippen molar-refractivity contribution >= 4 is 23.5 Å². The van der Waals surface area contributed by atoms with Crippen molar-refractivity contribution in [2.45, 2.75) is 58.6 Å². The molecule has 1 saturated carbocycles. The normalized spacial score (nSPS) is 23.5. The molecule has 2 aromatic rings. The monoisotopic (exact) mass is 432 g/mol. The molecule has 1 aromatic heterocycles. The molecule has 0 spiro atoms. The Kier molecular flexibility index (Phi) is 5.68. The Labute approximate surface area is 179 Å². The first-order valence-corrected chi connectivity index (χ1v) is 10.6. The topological polar surface area (TPSA) is 87.6 Å². The summed E-state index contributed by atoms with van der Waals surface area (Å²) in [5.41, 5.74) is 0.755. The number of aromatic hydroxyl groups is 1. The molecule has 9 heteroatoms. The van der Waals surface area contributed by atoms with E-state index in [1.807, 2.05) is 13.8 Å². The summed E-state index contributed by atoms with van der Waals surface area (Å²) in [6.45, 7) is 6.07. The molecule has 2 N–H and O–H groups in total. The van der Waals surface area contributed by atoms with Crippen LogP contribution >= 0.6 is 0 Å². The number of phenols is 1. The number of cyclic esters (lactones) is 1. The van der Waals surface area contributed by atoms with E-state index in [0.717, 1.165) is 37.8 Å². The van der Waals surface area contributed by atoms with Gasteiger partial charge in [-0.05, 0) is 24.7 Å². The van der Waals surface area contributed by atoms with Gasteiger partial charge in [-0.3, -0.25) is 4.90 Å². The number of anilines is 3. The molecule has 1 fully saturated rings. The van der Waals surface area contributed by atoms with Crippen LogP contribution < -0.4 is 10.2 Å². The number of rotatable bonds is 4.